The third-order valence-electron chi connectivity index (χ3n) is 3.79. The molecule has 0 aliphatic heterocycles. The molecule has 7 heteroatoms. The number of carboxylic acids is 1. The van der Waals surface area contributed by atoms with Gasteiger partial charge in [-0.2, -0.15) is 13.2 Å². The molecule has 0 radical (unpaired) electrons. The highest BCUT2D eigenvalue weighted by molar-refractivity contribution is 9.10. The van der Waals surface area contributed by atoms with E-state index >= 15 is 0 Å². The Hall–Kier alpha value is -1.24. The summed E-state index contributed by atoms with van der Waals surface area (Å²) in [5, 5.41) is 18.9. The van der Waals surface area contributed by atoms with Gasteiger partial charge in [0.1, 0.15) is 5.75 Å². The number of rotatable bonds is 2. The standard InChI is InChI=1S/C13H12BrF3O3/c14-9-6-7(5-8(10(9)18)13(15,16)17)12(11(19)20)3-1-2-4-12/h5-6,18H,1-4H2,(H,19,20). The molecule has 0 aromatic heterocycles. The molecule has 2 N–H and O–H groups in total. The van der Waals surface area contributed by atoms with Crippen LogP contribution in [0.1, 0.15) is 36.8 Å². The summed E-state index contributed by atoms with van der Waals surface area (Å²) in [7, 11) is 0. The van der Waals surface area contributed by atoms with E-state index in [1.165, 1.54) is 6.07 Å². The first kappa shape index (κ1) is 15.2. The van der Waals surface area contributed by atoms with Gasteiger partial charge in [-0.05, 0) is 46.5 Å². The zero-order chi connectivity index (χ0) is 15.1. The van der Waals surface area contributed by atoms with Crippen LogP contribution in [0.25, 0.3) is 0 Å². The Morgan fingerprint density at radius 3 is 2.25 bits per heavy atom. The number of phenols is 1. The number of phenolic OH excluding ortho intramolecular Hbond substituents is 1. The second-order valence-electron chi connectivity index (χ2n) is 4.95. The van der Waals surface area contributed by atoms with Gasteiger partial charge in [-0.3, -0.25) is 4.79 Å². The van der Waals surface area contributed by atoms with E-state index in [0.717, 1.165) is 6.07 Å². The van der Waals surface area contributed by atoms with E-state index in [2.05, 4.69) is 15.9 Å². The Kier molecular flexibility index (Phi) is 3.75. The van der Waals surface area contributed by atoms with Gasteiger partial charge in [0.05, 0.1) is 15.5 Å². The molecule has 0 bridgehead atoms. The third-order valence-corrected chi connectivity index (χ3v) is 4.39. The van der Waals surface area contributed by atoms with E-state index in [1.807, 2.05) is 0 Å². The normalized spacial score (nSPS) is 18.2. The summed E-state index contributed by atoms with van der Waals surface area (Å²) in [4.78, 5) is 11.5. The molecule has 20 heavy (non-hydrogen) atoms. The van der Waals surface area contributed by atoms with Crippen LogP contribution in [0.15, 0.2) is 16.6 Å². The van der Waals surface area contributed by atoms with E-state index < -0.39 is 28.9 Å². The van der Waals surface area contributed by atoms with Crippen LogP contribution in [-0.2, 0) is 16.4 Å². The number of hydrogen-bond acceptors (Lipinski definition) is 2. The summed E-state index contributed by atoms with van der Waals surface area (Å²) in [6.45, 7) is 0. The summed E-state index contributed by atoms with van der Waals surface area (Å²) in [6, 6.07) is 2.02. The molecular weight excluding hydrogens is 341 g/mol. The molecule has 0 atom stereocenters. The Balaban J connectivity index is 2.64. The highest BCUT2D eigenvalue weighted by Gasteiger charge is 2.45. The SMILES string of the molecule is O=C(O)C1(c2cc(Br)c(O)c(C(F)(F)F)c2)CCCC1. The summed E-state index contributed by atoms with van der Waals surface area (Å²) in [6.07, 6.45) is -2.81. The first-order valence-electron chi connectivity index (χ1n) is 6.02. The molecule has 1 saturated carbocycles. The van der Waals surface area contributed by atoms with Gasteiger partial charge >= 0.3 is 12.1 Å². The van der Waals surface area contributed by atoms with Crippen molar-refractivity contribution < 1.29 is 28.2 Å². The minimum absolute atomic E-state index is 0.0829. The molecule has 2 rings (SSSR count). The number of carbonyl (C=O) groups is 1. The monoisotopic (exact) mass is 352 g/mol. The number of aromatic hydroxyl groups is 1. The minimum Gasteiger partial charge on any atom is -0.506 e. The van der Waals surface area contributed by atoms with Crippen molar-refractivity contribution in [1.82, 2.24) is 0 Å². The predicted octanol–water partition coefficient (Wildman–Crippen LogP) is 4.07. The van der Waals surface area contributed by atoms with Crippen LogP contribution in [0.4, 0.5) is 13.2 Å². The van der Waals surface area contributed by atoms with Crippen molar-refractivity contribution in [3.8, 4) is 5.75 Å². The van der Waals surface area contributed by atoms with Crippen molar-refractivity contribution in [2.45, 2.75) is 37.3 Å². The van der Waals surface area contributed by atoms with Gasteiger partial charge in [0, 0.05) is 0 Å². The zero-order valence-corrected chi connectivity index (χ0v) is 11.9. The highest BCUT2D eigenvalue weighted by Crippen LogP contribution is 2.47. The first-order chi connectivity index (χ1) is 9.18. The maximum atomic E-state index is 12.9. The summed E-state index contributed by atoms with van der Waals surface area (Å²) >= 11 is 2.87. The largest absolute Gasteiger partial charge is 0.506 e. The Morgan fingerprint density at radius 2 is 1.80 bits per heavy atom. The number of halogens is 4. The highest BCUT2D eigenvalue weighted by atomic mass is 79.9. The van der Waals surface area contributed by atoms with Crippen LogP contribution in [0, 0.1) is 0 Å². The Morgan fingerprint density at radius 1 is 1.25 bits per heavy atom. The van der Waals surface area contributed by atoms with E-state index in [9.17, 15) is 28.2 Å². The lowest BCUT2D eigenvalue weighted by Gasteiger charge is -2.26. The van der Waals surface area contributed by atoms with Crippen LogP contribution in [0.5, 0.6) is 5.75 Å². The number of alkyl halides is 3. The maximum absolute atomic E-state index is 12.9. The molecule has 1 fully saturated rings. The van der Waals surface area contributed by atoms with Gasteiger partial charge in [-0.25, -0.2) is 0 Å². The van der Waals surface area contributed by atoms with Gasteiger partial charge in [0.15, 0.2) is 0 Å². The van der Waals surface area contributed by atoms with E-state index in [4.69, 9.17) is 0 Å². The average molecular weight is 353 g/mol. The molecule has 110 valence electrons. The van der Waals surface area contributed by atoms with Crippen molar-refractivity contribution in [1.29, 1.82) is 0 Å². The van der Waals surface area contributed by atoms with Crippen LogP contribution >= 0.6 is 15.9 Å². The fourth-order valence-electron chi connectivity index (χ4n) is 2.70. The molecule has 1 aliphatic carbocycles. The quantitative estimate of drug-likeness (QED) is 0.843. The number of hydrogen-bond donors (Lipinski definition) is 2. The molecule has 0 unspecified atom stereocenters. The molecule has 0 amide bonds. The number of benzene rings is 1. The van der Waals surface area contributed by atoms with Gasteiger partial charge < -0.3 is 10.2 Å². The number of carboxylic acid groups (broad SMARTS) is 1. The molecule has 3 nitrogen and oxygen atoms in total. The van der Waals surface area contributed by atoms with Crippen LogP contribution in [-0.4, -0.2) is 16.2 Å². The van der Waals surface area contributed by atoms with Crippen LogP contribution in [0.2, 0.25) is 0 Å². The second kappa shape index (κ2) is 4.95. The zero-order valence-electron chi connectivity index (χ0n) is 10.3. The summed E-state index contributed by atoms with van der Waals surface area (Å²) in [5.41, 5.74) is -2.43. The molecule has 0 saturated heterocycles. The van der Waals surface area contributed by atoms with E-state index in [0.29, 0.717) is 25.7 Å². The lowest BCUT2D eigenvalue weighted by molar-refractivity contribution is -0.144. The molecule has 0 spiro atoms. The van der Waals surface area contributed by atoms with Gasteiger partial charge in [-0.1, -0.05) is 12.8 Å². The van der Waals surface area contributed by atoms with Crippen molar-refractivity contribution in [3.63, 3.8) is 0 Å². The fraction of sp³-hybridized carbons (Fsp3) is 0.462. The molecule has 1 aromatic carbocycles. The van der Waals surface area contributed by atoms with Gasteiger partial charge in [0.25, 0.3) is 0 Å². The van der Waals surface area contributed by atoms with Crippen molar-refractivity contribution in [2.24, 2.45) is 0 Å². The summed E-state index contributed by atoms with van der Waals surface area (Å²) < 4.78 is 38.5. The van der Waals surface area contributed by atoms with Crippen LogP contribution < -0.4 is 0 Å². The van der Waals surface area contributed by atoms with Crippen molar-refractivity contribution in [2.75, 3.05) is 0 Å². The average Bonchev–Trinajstić information content (AvgIpc) is 2.81. The lowest BCUT2D eigenvalue weighted by Crippen LogP contribution is -2.33. The first-order valence-corrected chi connectivity index (χ1v) is 6.81. The Bertz CT molecular complexity index is 549. The molecular formula is C13H12BrF3O3. The second-order valence-corrected chi connectivity index (χ2v) is 5.80. The van der Waals surface area contributed by atoms with Crippen molar-refractivity contribution in [3.05, 3.63) is 27.7 Å². The Labute approximate surface area is 121 Å². The smallest absolute Gasteiger partial charge is 0.420 e. The molecule has 0 heterocycles. The molecule has 1 aromatic rings. The van der Waals surface area contributed by atoms with Gasteiger partial charge in [-0.15, -0.1) is 0 Å². The third kappa shape index (κ3) is 2.39. The van der Waals surface area contributed by atoms with E-state index in [-0.39, 0.29) is 10.0 Å². The van der Waals surface area contributed by atoms with Crippen molar-refractivity contribution >= 4 is 21.9 Å². The van der Waals surface area contributed by atoms with Crippen LogP contribution in [0.3, 0.4) is 0 Å². The predicted molar refractivity (Wildman–Crippen MR) is 68.6 cm³/mol. The topological polar surface area (TPSA) is 57.5 Å². The fourth-order valence-corrected chi connectivity index (χ4v) is 3.16. The van der Waals surface area contributed by atoms with Gasteiger partial charge in [0.2, 0.25) is 0 Å². The minimum atomic E-state index is -4.74. The lowest BCUT2D eigenvalue weighted by atomic mass is 9.78. The van der Waals surface area contributed by atoms with E-state index in [1.54, 1.807) is 0 Å². The summed E-state index contributed by atoms with van der Waals surface area (Å²) in [5.74, 6) is -2.04. The molecule has 1 aliphatic rings. The maximum Gasteiger partial charge on any atom is 0.420 e. The number of aliphatic carboxylic acids is 1.